The van der Waals surface area contributed by atoms with E-state index in [9.17, 15) is 4.79 Å². The van der Waals surface area contributed by atoms with Gasteiger partial charge < -0.3 is 10.6 Å². The zero-order valence-corrected chi connectivity index (χ0v) is 13.8. The van der Waals surface area contributed by atoms with Gasteiger partial charge in [0.15, 0.2) is 0 Å². The number of nitrogens with zero attached hydrogens (tertiary/aromatic N) is 2. The molecule has 1 heterocycles. The molecule has 2 aromatic rings. The summed E-state index contributed by atoms with van der Waals surface area (Å²) in [5.74, 6) is 0.532. The number of carbonyl (C=O) groups excluding carboxylic acids is 1. The van der Waals surface area contributed by atoms with Gasteiger partial charge >= 0.3 is 0 Å². The predicted molar refractivity (Wildman–Crippen MR) is 89.9 cm³/mol. The summed E-state index contributed by atoms with van der Waals surface area (Å²) in [6.45, 7) is 2.45. The van der Waals surface area contributed by atoms with E-state index in [1.54, 1.807) is 16.2 Å². The van der Waals surface area contributed by atoms with Crippen molar-refractivity contribution in [1.29, 1.82) is 0 Å². The molecule has 1 aromatic carbocycles. The zero-order valence-electron chi connectivity index (χ0n) is 13.0. The lowest BCUT2D eigenvalue weighted by molar-refractivity contribution is 0.0714. The van der Waals surface area contributed by atoms with Crippen LogP contribution < -0.4 is 5.73 Å². The van der Waals surface area contributed by atoms with Crippen LogP contribution in [0.1, 0.15) is 28.3 Å². The molecule has 0 bridgehead atoms. The van der Waals surface area contributed by atoms with E-state index in [2.05, 4.69) is 4.98 Å². The minimum absolute atomic E-state index is 0.0226. The molecule has 1 saturated carbocycles. The Hall–Kier alpha value is -1.72. The first-order valence-electron chi connectivity index (χ1n) is 7.62. The lowest BCUT2D eigenvalue weighted by Crippen LogP contribution is -2.43. The molecule has 0 saturated heterocycles. The van der Waals surface area contributed by atoms with Crippen LogP contribution in [0, 0.1) is 12.8 Å². The second-order valence-corrected chi connectivity index (χ2v) is 7.04. The fourth-order valence-electron chi connectivity index (χ4n) is 2.82. The standard InChI is InChI=1S/C17H21N3OS/c1-11-19-15(16(22-11)13-6-4-3-5-7-13)17(21)20(2)14(10-18)12-8-9-12/h3-7,12,14H,8-10,18H2,1-2H3. The number of benzene rings is 1. The Bertz CT molecular complexity index is 664. The number of rotatable bonds is 5. The molecule has 1 aliphatic carbocycles. The summed E-state index contributed by atoms with van der Waals surface area (Å²) in [5, 5.41) is 0.909. The Balaban J connectivity index is 1.92. The largest absolute Gasteiger partial charge is 0.336 e. The summed E-state index contributed by atoms with van der Waals surface area (Å²) in [6, 6.07) is 10.1. The van der Waals surface area contributed by atoms with Gasteiger partial charge in [0.25, 0.3) is 5.91 Å². The number of carbonyl (C=O) groups is 1. The lowest BCUT2D eigenvalue weighted by atomic mass is 10.1. The molecule has 0 aliphatic heterocycles. The van der Waals surface area contributed by atoms with Crippen molar-refractivity contribution in [2.45, 2.75) is 25.8 Å². The van der Waals surface area contributed by atoms with Crippen LogP contribution in [-0.2, 0) is 0 Å². The monoisotopic (exact) mass is 315 g/mol. The molecule has 5 heteroatoms. The third-order valence-electron chi connectivity index (χ3n) is 4.20. The number of aromatic nitrogens is 1. The van der Waals surface area contributed by atoms with Crippen LogP contribution in [-0.4, -0.2) is 35.4 Å². The molecule has 3 rings (SSSR count). The van der Waals surface area contributed by atoms with E-state index < -0.39 is 0 Å². The minimum Gasteiger partial charge on any atom is -0.336 e. The molecule has 1 unspecified atom stereocenters. The second-order valence-electron chi connectivity index (χ2n) is 5.83. The van der Waals surface area contributed by atoms with Crippen molar-refractivity contribution in [2.75, 3.05) is 13.6 Å². The highest BCUT2D eigenvalue weighted by Crippen LogP contribution is 2.36. The molecule has 0 spiro atoms. The fourth-order valence-corrected chi connectivity index (χ4v) is 3.74. The number of amides is 1. The molecular weight excluding hydrogens is 294 g/mol. The molecule has 2 N–H and O–H groups in total. The number of likely N-dealkylation sites (N-methyl/N-ethyl adjacent to an activating group) is 1. The van der Waals surface area contributed by atoms with E-state index in [4.69, 9.17) is 5.73 Å². The number of aryl methyl sites for hydroxylation is 1. The van der Waals surface area contributed by atoms with Gasteiger partial charge in [0.05, 0.1) is 9.88 Å². The summed E-state index contributed by atoms with van der Waals surface area (Å²) in [4.78, 5) is 20.1. The number of hydrogen-bond donors (Lipinski definition) is 1. The molecule has 1 aromatic heterocycles. The van der Waals surface area contributed by atoms with Gasteiger partial charge in [-0.25, -0.2) is 4.98 Å². The van der Waals surface area contributed by atoms with Crippen molar-refractivity contribution < 1.29 is 4.79 Å². The van der Waals surface area contributed by atoms with Gasteiger partial charge in [0.2, 0.25) is 0 Å². The van der Waals surface area contributed by atoms with Gasteiger partial charge in [-0.3, -0.25) is 4.79 Å². The third-order valence-corrected chi connectivity index (χ3v) is 5.22. The molecule has 1 fully saturated rings. The molecule has 1 aliphatic rings. The summed E-state index contributed by atoms with van der Waals surface area (Å²) < 4.78 is 0. The van der Waals surface area contributed by atoms with E-state index in [0.29, 0.717) is 18.2 Å². The zero-order chi connectivity index (χ0) is 15.7. The van der Waals surface area contributed by atoms with Gasteiger partial charge in [-0.05, 0) is 31.2 Å². The maximum absolute atomic E-state index is 12.9. The summed E-state index contributed by atoms with van der Waals surface area (Å²) in [6.07, 6.45) is 2.34. The van der Waals surface area contributed by atoms with E-state index in [1.807, 2.05) is 44.3 Å². The Morgan fingerprint density at radius 1 is 1.41 bits per heavy atom. The fraction of sp³-hybridized carbons (Fsp3) is 0.412. The highest BCUT2D eigenvalue weighted by atomic mass is 32.1. The van der Waals surface area contributed by atoms with Crippen molar-refractivity contribution in [3.63, 3.8) is 0 Å². The van der Waals surface area contributed by atoms with Crippen molar-refractivity contribution in [3.8, 4) is 10.4 Å². The number of thiazole rings is 1. The lowest BCUT2D eigenvalue weighted by Gasteiger charge is -2.26. The SMILES string of the molecule is Cc1nc(C(=O)N(C)C(CN)C2CC2)c(-c2ccccc2)s1. The molecule has 1 atom stereocenters. The van der Waals surface area contributed by atoms with Crippen LogP contribution in [0.3, 0.4) is 0 Å². The first-order valence-corrected chi connectivity index (χ1v) is 8.43. The van der Waals surface area contributed by atoms with Crippen molar-refractivity contribution in [3.05, 3.63) is 41.0 Å². The van der Waals surface area contributed by atoms with Crippen molar-refractivity contribution in [1.82, 2.24) is 9.88 Å². The molecule has 116 valence electrons. The topological polar surface area (TPSA) is 59.2 Å². The van der Waals surface area contributed by atoms with Crippen LogP contribution in [0.15, 0.2) is 30.3 Å². The maximum atomic E-state index is 12.9. The van der Waals surface area contributed by atoms with Crippen LogP contribution in [0.5, 0.6) is 0 Å². The molecule has 1 amide bonds. The van der Waals surface area contributed by atoms with Gasteiger partial charge in [0.1, 0.15) is 5.69 Å². The summed E-state index contributed by atoms with van der Waals surface area (Å²) >= 11 is 1.57. The average molecular weight is 315 g/mol. The number of hydrogen-bond acceptors (Lipinski definition) is 4. The normalized spacial score (nSPS) is 15.6. The second kappa shape index (κ2) is 6.18. The summed E-state index contributed by atoms with van der Waals surface area (Å²) in [7, 11) is 1.85. The molecule has 0 radical (unpaired) electrons. The van der Waals surface area contributed by atoms with Gasteiger partial charge in [-0.1, -0.05) is 30.3 Å². The Morgan fingerprint density at radius 2 is 2.09 bits per heavy atom. The summed E-state index contributed by atoms with van der Waals surface area (Å²) in [5.41, 5.74) is 7.47. The first-order chi connectivity index (χ1) is 10.6. The maximum Gasteiger partial charge on any atom is 0.274 e. The van der Waals surface area contributed by atoms with Gasteiger partial charge in [0, 0.05) is 19.6 Å². The van der Waals surface area contributed by atoms with E-state index in [1.165, 1.54) is 12.8 Å². The third kappa shape index (κ3) is 2.91. The minimum atomic E-state index is -0.0226. The van der Waals surface area contributed by atoms with Crippen LogP contribution >= 0.6 is 11.3 Å². The predicted octanol–water partition coefficient (Wildman–Crippen LogP) is 2.93. The molecular formula is C17H21N3OS. The highest BCUT2D eigenvalue weighted by molar-refractivity contribution is 7.15. The first kappa shape index (κ1) is 15.2. The van der Waals surface area contributed by atoms with Crippen LogP contribution in [0.2, 0.25) is 0 Å². The Morgan fingerprint density at radius 3 is 2.68 bits per heavy atom. The Kier molecular flexibility index (Phi) is 4.27. The van der Waals surface area contributed by atoms with Crippen molar-refractivity contribution in [2.24, 2.45) is 11.7 Å². The Labute approximate surface area is 135 Å². The van der Waals surface area contributed by atoms with E-state index in [-0.39, 0.29) is 11.9 Å². The van der Waals surface area contributed by atoms with Gasteiger partial charge in [-0.15, -0.1) is 11.3 Å². The quantitative estimate of drug-likeness (QED) is 0.923. The highest BCUT2D eigenvalue weighted by Gasteiger charge is 2.36. The number of nitrogens with two attached hydrogens (primary N) is 1. The molecule has 22 heavy (non-hydrogen) atoms. The van der Waals surface area contributed by atoms with E-state index >= 15 is 0 Å². The van der Waals surface area contributed by atoms with Crippen LogP contribution in [0.25, 0.3) is 10.4 Å². The average Bonchev–Trinajstić information content (AvgIpc) is 3.29. The van der Waals surface area contributed by atoms with Crippen LogP contribution in [0.4, 0.5) is 0 Å². The van der Waals surface area contributed by atoms with E-state index in [0.717, 1.165) is 15.4 Å². The van der Waals surface area contributed by atoms with Gasteiger partial charge in [-0.2, -0.15) is 0 Å². The van der Waals surface area contributed by atoms with Crippen molar-refractivity contribution >= 4 is 17.2 Å². The molecule has 4 nitrogen and oxygen atoms in total. The smallest absolute Gasteiger partial charge is 0.274 e.